The Bertz CT molecular complexity index is 640. The second kappa shape index (κ2) is 8.22. The maximum Gasteiger partial charge on any atom is 0.231 e. The summed E-state index contributed by atoms with van der Waals surface area (Å²) in [6.45, 7) is 2.08. The highest BCUT2D eigenvalue weighted by Gasteiger charge is 2.20. The number of hydrogen-bond acceptors (Lipinski definition) is 3. The molecule has 0 aliphatic rings. The lowest BCUT2D eigenvalue weighted by atomic mass is 9.93. The minimum absolute atomic E-state index is 0.00901. The van der Waals surface area contributed by atoms with Gasteiger partial charge in [-0.25, -0.2) is 0 Å². The number of ether oxygens (including phenoxy) is 2. The zero-order chi connectivity index (χ0) is 16.7. The van der Waals surface area contributed by atoms with Crippen LogP contribution in [-0.4, -0.2) is 20.1 Å². The molecule has 0 aromatic heterocycles. The number of benzene rings is 2. The van der Waals surface area contributed by atoms with Crippen molar-refractivity contribution in [2.75, 3.05) is 19.5 Å². The van der Waals surface area contributed by atoms with Crippen LogP contribution in [0.4, 0.5) is 5.69 Å². The molecule has 2 aromatic rings. The molecule has 2 aromatic carbocycles. The maximum atomic E-state index is 12.7. The van der Waals surface area contributed by atoms with E-state index < -0.39 is 0 Å². The van der Waals surface area contributed by atoms with Gasteiger partial charge < -0.3 is 14.8 Å². The van der Waals surface area contributed by atoms with E-state index in [4.69, 9.17) is 9.47 Å². The number of carbonyl (C=O) groups is 1. The molecule has 2 rings (SSSR count). The lowest BCUT2D eigenvalue weighted by molar-refractivity contribution is -0.117. The second-order valence-corrected chi connectivity index (χ2v) is 5.31. The van der Waals surface area contributed by atoms with Crippen LogP contribution in [0.15, 0.2) is 48.5 Å². The van der Waals surface area contributed by atoms with Gasteiger partial charge in [0.15, 0.2) is 11.5 Å². The first kappa shape index (κ1) is 16.9. The minimum atomic E-state index is -0.158. The molecule has 0 saturated carbocycles. The summed E-state index contributed by atoms with van der Waals surface area (Å²) < 4.78 is 10.5. The molecule has 122 valence electrons. The average molecular weight is 313 g/mol. The summed E-state index contributed by atoms with van der Waals surface area (Å²) in [4.78, 5) is 12.7. The van der Waals surface area contributed by atoms with E-state index in [1.165, 1.54) is 0 Å². The smallest absolute Gasteiger partial charge is 0.231 e. The standard InChI is InChI=1S/C19H23NO3/c1-4-8-16(14-9-6-5-7-10-14)19(21)20-15-11-12-17(22-2)18(13-15)23-3/h5-7,9-13,16H,4,8H2,1-3H3,(H,20,21)/t16-/m1/s1. The van der Waals surface area contributed by atoms with Crippen molar-refractivity contribution in [1.29, 1.82) is 0 Å². The molecule has 1 N–H and O–H groups in total. The first-order valence-electron chi connectivity index (χ1n) is 7.77. The van der Waals surface area contributed by atoms with Crippen molar-refractivity contribution in [1.82, 2.24) is 0 Å². The Morgan fingerprint density at radius 1 is 1.04 bits per heavy atom. The third kappa shape index (κ3) is 4.25. The van der Waals surface area contributed by atoms with E-state index in [2.05, 4.69) is 12.2 Å². The number of rotatable bonds is 7. The van der Waals surface area contributed by atoms with Gasteiger partial charge in [-0.3, -0.25) is 4.79 Å². The van der Waals surface area contributed by atoms with E-state index in [0.29, 0.717) is 17.2 Å². The molecular formula is C19H23NO3. The Hall–Kier alpha value is -2.49. The van der Waals surface area contributed by atoms with Gasteiger partial charge in [-0.1, -0.05) is 43.7 Å². The SMILES string of the molecule is CCC[C@@H](C(=O)Nc1ccc(OC)c(OC)c1)c1ccccc1. The largest absolute Gasteiger partial charge is 0.493 e. The van der Waals surface area contributed by atoms with E-state index in [1.807, 2.05) is 36.4 Å². The van der Waals surface area contributed by atoms with Crippen LogP contribution < -0.4 is 14.8 Å². The van der Waals surface area contributed by atoms with Gasteiger partial charge in [0.2, 0.25) is 5.91 Å². The number of methoxy groups -OCH3 is 2. The summed E-state index contributed by atoms with van der Waals surface area (Å²) in [5, 5.41) is 2.98. The van der Waals surface area contributed by atoms with Crippen molar-refractivity contribution in [3.63, 3.8) is 0 Å². The van der Waals surface area contributed by atoms with Crippen LogP contribution in [0.2, 0.25) is 0 Å². The molecule has 1 atom stereocenters. The number of carbonyl (C=O) groups excluding carboxylic acids is 1. The molecule has 0 aliphatic carbocycles. The summed E-state index contributed by atoms with van der Waals surface area (Å²) in [6, 6.07) is 15.2. The highest BCUT2D eigenvalue weighted by molar-refractivity contribution is 5.96. The highest BCUT2D eigenvalue weighted by Crippen LogP contribution is 2.31. The fraction of sp³-hybridized carbons (Fsp3) is 0.316. The fourth-order valence-corrected chi connectivity index (χ4v) is 2.57. The Balaban J connectivity index is 2.18. The Morgan fingerprint density at radius 3 is 2.35 bits per heavy atom. The molecular weight excluding hydrogens is 290 g/mol. The first-order chi connectivity index (χ1) is 11.2. The van der Waals surface area contributed by atoms with Crippen LogP contribution in [0.3, 0.4) is 0 Å². The number of nitrogens with one attached hydrogen (secondary N) is 1. The van der Waals surface area contributed by atoms with Crippen LogP contribution in [0, 0.1) is 0 Å². The fourth-order valence-electron chi connectivity index (χ4n) is 2.57. The Labute approximate surface area is 137 Å². The van der Waals surface area contributed by atoms with Gasteiger partial charge in [-0.2, -0.15) is 0 Å². The predicted molar refractivity (Wildman–Crippen MR) is 92.3 cm³/mol. The molecule has 0 radical (unpaired) electrons. The summed E-state index contributed by atoms with van der Waals surface area (Å²) in [5.74, 6) is 1.07. The van der Waals surface area contributed by atoms with Gasteiger partial charge in [-0.05, 0) is 24.1 Å². The molecule has 23 heavy (non-hydrogen) atoms. The van der Waals surface area contributed by atoms with Crippen molar-refractivity contribution in [2.24, 2.45) is 0 Å². The number of hydrogen-bond donors (Lipinski definition) is 1. The Kier molecular flexibility index (Phi) is 6.03. The molecule has 0 aliphatic heterocycles. The topological polar surface area (TPSA) is 47.6 Å². The van der Waals surface area contributed by atoms with Gasteiger partial charge in [0, 0.05) is 11.8 Å². The van der Waals surface area contributed by atoms with Crippen LogP contribution in [0.1, 0.15) is 31.2 Å². The zero-order valence-electron chi connectivity index (χ0n) is 13.8. The number of anilines is 1. The van der Waals surface area contributed by atoms with Gasteiger partial charge >= 0.3 is 0 Å². The minimum Gasteiger partial charge on any atom is -0.493 e. The molecule has 4 heteroatoms. The van der Waals surface area contributed by atoms with Gasteiger partial charge in [-0.15, -0.1) is 0 Å². The van der Waals surface area contributed by atoms with Crippen molar-refractivity contribution in [3.05, 3.63) is 54.1 Å². The van der Waals surface area contributed by atoms with Crippen LogP contribution in [-0.2, 0) is 4.79 Å². The van der Waals surface area contributed by atoms with E-state index in [1.54, 1.807) is 26.4 Å². The summed E-state index contributed by atoms with van der Waals surface area (Å²) in [6.07, 6.45) is 1.75. The monoisotopic (exact) mass is 313 g/mol. The van der Waals surface area contributed by atoms with E-state index in [9.17, 15) is 4.79 Å². The van der Waals surface area contributed by atoms with Crippen LogP contribution >= 0.6 is 0 Å². The number of amides is 1. The van der Waals surface area contributed by atoms with Crippen molar-refractivity contribution >= 4 is 11.6 Å². The van der Waals surface area contributed by atoms with Gasteiger partial charge in [0.25, 0.3) is 0 Å². The first-order valence-corrected chi connectivity index (χ1v) is 7.77. The van der Waals surface area contributed by atoms with Gasteiger partial charge in [0.1, 0.15) is 0 Å². The van der Waals surface area contributed by atoms with Gasteiger partial charge in [0.05, 0.1) is 20.1 Å². The van der Waals surface area contributed by atoms with Crippen molar-refractivity contribution in [3.8, 4) is 11.5 Å². The molecule has 0 spiro atoms. The molecule has 4 nitrogen and oxygen atoms in total. The molecule has 0 unspecified atom stereocenters. The highest BCUT2D eigenvalue weighted by atomic mass is 16.5. The maximum absolute atomic E-state index is 12.7. The lowest BCUT2D eigenvalue weighted by Crippen LogP contribution is -2.21. The third-order valence-electron chi connectivity index (χ3n) is 3.75. The molecule has 0 saturated heterocycles. The third-order valence-corrected chi connectivity index (χ3v) is 3.75. The molecule has 1 amide bonds. The average Bonchev–Trinajstić information content (AvgIpc) is 2.60. The van der Waals surface area contributed by atoms with Crippen molar-refractivity contribution < 1.29 is 14.3 Å². The molecule has 0 heterocycles. The molecule has 0 bridgehead atoms. The lowest BCUT2D eigenvalue weighted by Gasteiger charge is -2.17. The van der Waals surface area contributed by atoms with Crippen LogP contribution in [0.5, 0.6) is 11.5 Å². The molecule has 0 fully saturated rings. The van der Waals surface area contributed by atoms with Crippen LogP contribution in [0.25, 0.3) is 0 Å². The second-order valence-electron chi connectivity index (χ2n) is 5.31. The Morgan fingerprint density at radius 2 is 1.74 bits per heavy atom. The summed E-state index contributed by atoms with van der Waals surface area (Å²) in [7, 11) is 3.16. The van der Waals surface area contributed by atoms with Crippen molar-refractivity contribution in [2.45, 2.75) is 25.7 Å². The normalized spacial score (nSPS) is 11.6. The summed E-state index contributed by atoms with van der Waals surface area (Å²) in [5.41, 5.74) is 1.73. The quantitative estimate of drug-likeness (QED) is 0.832. The predicted octanol–water partition coefficient (Wildman–Crippen LogP) is 4.23. The van der Waals surface area contributed by atoms with E-state index in [-0.39, 0.29) is 11.8 Å². The van der Waals surface area contributed by atoms with E-state index in [0.717, 1.165) is 18.4 Å². The zero-order valence-corrected chi connectivity index (χ0v) is 13.8. The van der Waals surface area contributed by atoms with E-state index >= 15 is 0 Å². The summed E-state index contributed by atoms with van der Waals surface area (Å²) >= 11 is 0.